The SMILES string of the molecule is O=C(CC1c2ccccc2C=CN1c1ccccc1)C1=CCCCC1. The summed E-state index contributed by atoms with van der Waals surface area (Å²) in [6, 6.07) is 18.8. The molecule has 0 saturated carbocycles. The first kappa shape index (κ1) is 15.9. The predicted molar refractivity (Wildman–Crippen MR) is 103 cm³/mol. The van der Waals surface area contributed by atoms with Crippen molar-refractivity contribution in [3.63, 3.8) is 0 Å². The summed E-state index contributed by atoms with van der Waals surface area (Å²) in [4.78, 5) is 15.2. The quantitative estimate of drug-likeness (QED) is 0.719. The molecule has 2 nitrogen and oxygen atoms in total. The van der Waals surface area contributed by atoms with E-state index < -0.39 is 0 Å². The molecule has 0 saturated heterocycles. The van der Waals surface area contributed by atoms with Crippen LogP contribution in [0.3, 0.4) is 0 Å². The van der Waals surface area contributed by atoms with Gasteiger partial charge in [0.25, 0.3) is 0 Å². The van der Waals surface area contributed by atoms with Crippen LogP contribution in [0.1, 0.15) is 49.3 Å². The zero-order chi connectivity index (χ0) is 17.1. The number of carbonyl (C=O) groups is 1. The Kier molecular flexibility index (Phi) is 4.51. The molecular weight excluding hydrogens is 306 g/mol. The highest BCUT2D eigenvalue weighted by Crippen LogP contribution is 2.37. The first-order chi connectivity index (χ1) is 12.3. The molecule has 2 aliphatic rings. The van der Waals surface area contributed by atoms with E-state index in [1.54, 1.807) is 0 Å². The van der Waals surface area contributed by atoms with Crippen LogP contribution in [0.2, 0.25) is 0 Å². The van der Waals surface area contributed by atoms with E-state index in [-0.39, 0.29) is 6.04 Å². The van der Waals surface area contributed by atoms with E-state index in [1.165, 1.54) is 17.5 Å². The molecule has 0 radical (unpaired) electrons. The van der Waals surface area contributed by atoms with Crippen LogP contribution >= 0.6 is 0 Å². The Labute approximate surface area is 149 Å². The van der Waals surface area contributed by atoms with Crippen molar-refractivity contribution in [2.24, 2.45) is 0 Å². The summed E-state index contributed by atoms with van der Waals surface area (Å²) in [6.07, 6.45) is 11.3. The lowest BCUT2D eigenvalue weighted by atomic mass is 9.88. The normalized spacial score (nSPS) is 19.3. The zero-order valence-electron chi connectivity index (χ0n) is 14.4. The van der Waals surface area contributed by atoms with Crippen LogP contribution in [-0.4, -0.2) is 5.78 Å². The van der Waals surface area contributed by atoms with Crippen molar-refractivity contribution in [3.05, 3.63) is 83.6 Å². The molecule has 1 aliphatic carbocycles. The number of para-hydroxylation sites is 1. The molecule has 1 heterocycles. The van der Waals surface area contributed by atoms with Crippen molar-refractivity contribution in [1.82, 2.24) is 0 Å². The maximum absolute atomic E-state index is 12.9. The average molecular weight is 329 g/mol. The minimum Gasteiger partial charge on any atom is -0.340 e. The number of fused-ring (bicyclic) bond motifs is 1. The second-order valence-electron chi connectivity index (χ2n) is 6.81. The standard InChI is InChI=1S/C23H23NO/c25-23(19-10-3-1-4-11-19)17-22-21-14-8-7-9-18(21)15-16-24(22)20-12-5-2-6-13-20/h2,5-10,12-16,22H,1,3-4,11,17H2. The topological polar surface area (TPSA) is 20.3 Å². The van der Waals surface area contributed by atoms with Gasteiger partial charge < -0.3 is 4.90 Å². The van der Waals surface area contributed by atoms with Crippen molar-refractivity contribution in [1.29, 1.82) is 0 Å². The van der Waals surface area contributed by atoms with Crippen molar-refractivity contribution < 1.29 is 4.79 Å². The fourth-order valence-electron chi connectivity index (χ4n) is 3.85. The van der Waals surface area contributed by atoms with Gasteiger partial charge in [0.1, 0.15) is 0 Å². The van der Waals surface area contributed by atoms with Gasteiger partial charge in [-0.25, -0.2) is 0 Å². The van der Waals surface area contributed by atoms with Crippen LogP contribution in [-0.2, 0) is 4.79 Å². The lowest BCUT2D eigenvalue weighted by Gasteiger charge is -2.35. The smallest absolute Gasteiger partial charge is 0.160 e. The third kappa shape index (κ3) is 3.30. The molecule has 2 aromatic carbocycles. The molecule has 4 rings (SSSR count). The Balaban J connectivity index is 1.68. The number of carbonyl (C=O) groups excluding carboxylic acids is 1. The van der Waals surface area contributed by atoms with Crippen LogP contribution < -0.4 is 4.90 Å². The third-order valence-electron chi connectivity index (χ3n) is 5.19. The van der Waals surface area contributed by atoms with Gasteiger partial charge in [-0.15, -0.1) is 0 Å². The minimum absolute atomic E-state index is 0.0546. The van der Waals surface area contributed by atoms with Gasteiger partial charge in [-0.2, -0.15) is 0 Å². The zero-order valence-corrected chi connectivity index (χ0v) is 14.4. The fourth-order valence-corrected chi connectivity index (χ4v) is 3.85. The molecule has 126 valence electrons. The van der Waals surface area contributed by atoms with E-state index in [0.29, 0.717) is 12.2 Å². The molecule has 2 aromatic rings. The van der Waals surface area contributed by atoms with Crippen molar-refractivity contribution in [2.45, 2.75) is 38.1 Å². The number of anilines is 1. The number of hydrogen-bond acceptors (Lipinski definition) is 2. The number of allylic oxidation sites excluding steroid dienone is 2. The van der Waals surface area contributed by atoms with E-state index in [9.17, 15) is 4.79 Å². The third-order valence-corrected chi connectivity index (χ3v) is 5.19. The highest BCUT2D eigenvalue weighted by atomic mass is 16.1. The monoisotopic (exact) mass is 329 g/mol. The van der Waals surface area contributed by atoms with Crippen LogP contribution in [0.5, 0.6) is 0 Å². The summed E-state index contributed by atoms with van der Waals surface area (Å²) in [5.74, 6) is 0.302. The second kappa shape index (κ2) is 7.10. The lowest BCUT2D eigenvalue weighted by molar-refractivity contribution is -0.116. The summed E-state index contributed by atoms with van der Waals surface area (Å²) in [6.45, 7) is 0. The first-order valence-corrected chi connectivity index (χ1v) is 9.16. The predicted octanol–water partition coefficient (Wildman–Crippen LogP) is 5.68. The molecule has 25 heavy (non-hydrogen) atoms. The van der Waals surface area contributed by atoms with E-state index >= 15 is 0 Å². The lowest BCUT2D eigenvalue weighted by Crippen LogP contribution is -2.29. The van der Waals surface area contributed by atoms with Crippen molar-refractivity contribution >= 4 is 17.5 Å². The van der Waals surface area contributed by atoms with Crippen LogP contribution in [0.25, 0.3) is 6.08 Å². The molecule has 1 aliphatic heterocycles. The number of hydrogen-bond donors (Lipinski definition) is 0. The van der Waals surface area contributed by atoms with Gasteiger partial charge in [-0.05, 0) is 60.6 Å². The molecule has 0 spiro atoms. The number of nitrogens with zero attached hydrogens (tertiary/aromatic N) is 1. The van der Waals surface area contributed by atoms with Gasteiger partial charge in [0.15, 0.2) is 5.78 Å². The van der Waals surface area contributed by atoms with E-state index in [0.717, 1.165) is 30.5 Å². The molecule has 1 atom stereocenters. The van der Waals surface area contributed by atoms with Gasteiger partial charge in [-0.3, -0.25) is 4.79 Å². The molecule has 0 amide bonds. The Morgan fingerprint density at radius 2 is 1.80 bits per heavy atom. The van der Waals surface area contributed by atoms with Gasteiger partial charge in [0, 0.05) is 18.3 Å². The van der Waals surface area contributed by atoms with Gasteiger partial charge >= 0.3 is 0 Å². The summed E-state index contributed by atoms with van der Waals surface area (Å²) >= 11 is 0. The maximum atomic E-state index is 12.9. The molecule has 0 N–H and O–H groups in total. The second-order valence-corrected chi connectivity index (χ2v) is 6.81. The minimum atomic E-state index is 0.0546. The average Bonchev–Trinajstić information content (AvgIpc) is 2.69. The van der Waals surface area contributed by atoms with E-state index in [4.69, 9.17) is 0 Å². The highest BCUT2D eigenvalue weighted by Gasteiger charge is 2.28. The van der Waals surface area contributed by atoms with Crippen LogP contribution in [0.15, 0.2) is 72.4 Å². The summed E-state index contributed by atoms with van der Waals surface area (Å²) in [5.41, 5.74) is 4.61. The Morgan fingerprint density at radius 1 is 1.00 bits per heavy atom. The highest BCUT2D eigenvalue weighted by molar-refractivity contribution is 5.96. The van der Waals surface area contributed by atoms with E-state index in [1.807, 2.05) is 18.2 Å². The Bertz CT molecular complexity index is 819. The molecule has 0 bridgehead atoms. The number of ketones is 1. The Hall–Kier alpha value is -2.61. The maximum Gasteiger partial charge on any atom is 0.160 e. The number of benzene rings is 2. The Morgan fingerprint density at radius 3 is 2.60 bits per heavy atom. The molecular formula is C23H23NO. The van der Waals surface area contributed by atoms with Crippen molar-refractivity contribution in [3.8, 4) is 0 Å². The van der Waals surface area contributed by atoms with Gasteiger partial charge in [0.05, 0.1) is 6.04 Å². The van der Waals surface area contributed by atoms with Crippen LogP contribution in [0.4, 0.5) is 5.69 Å². The fraction of sp³-hybridized carbons (Fsp3) is 0.261. The molecule has 0 fully saturated rings. The number of rotatable bonds is 4. The largest absolute Gasteiger partial charge is 0.340 e. The van der Waals surface area contributed by atoms with Gasteiger partial charge in [0.2, 0.25) is 0 Å². The molecule has 2 heteroatoms. The molecule has 0 aromatic heterocycles. The summed E-state index contributed by atoms with van der Waals surface area (Å²) in [7, 11) is 0. The summed E-state index contributed by atoms with van der Waals surface area (Å²) in [5, 5.41) is 0. The van der Waals surface area contributed by atoms with Crippen LogP contribution in [0, 0.1) is 0 Å². The number of Topliss-reactive ketones (excluding diaryl/α,β-unsaturated/α-hetero) is 1. The molecule has 1 unspecified atom stereocenters. The summed E-state index contributed by atoms with van der Waals surface area (Å²) < 4.78 is 0. The van der Waals surface area contributed by atoms with E-state index in [2.05, 4.69) is 59.7 Å². The first-order valence-electron chi connectivity index (χ1n) is 9.16. The van der Waals surface area contributed by atoms with Crippen molar-refractivity contribution in [2.75, 3.05) is 4.90 Å². The van der Waals surface area contributed by atoms with Gasteiger partial charge in [-0.1, -0.05) is 48.5 Å².